The van der Waals surface area contributed by atoms with Gasteiger partial charge in [-0.25, -0.2) is 9.97 Å². The van der Waals surface area contributed by atoms with Crippen LogP contribution >= 0.6 is 0 Å². The fraction of sp³-hybridized carbons (Fsp3) is 0.333. The smallest absolute Gasteiger partial charge is 0.357 e. The fourth-order valence-corrected chi connectivity index (χ4v) is 7.45. The molecule has 9 rings (SSSR count). The Labute approximate surface area is 349 Å². The van der Waals surface area contributed by atoms with E-state index in [9.17, 15) is 0 Å². The van der Waals surface area contributed by atoms with Gasteiger partial charge in [0.1, 0.15) is 0 Å². The Bertz CT molecular complexity index is 2400. The third-order valence-corrected chi connectivity index (χ3v) is 9.97. The average molecular weight is 809 g/mol. The monoisotopic (exact) mass is 807 g/mol. The molecule has 1 radical (unpaired) electrons. The number of fused-ring (bicyclic) bond motifs is 20. The Balaban J connectivity index is 0.000000755. The fourth-order valence-electron chi connectivity index (χ4n) is 7.45. The van der Waals surface area contributed by atoms with Gasteiger partial charge in [-0.2, -0.15) is 0 Å². The van der Waals surface area contributed by atoms with Crippen molar-refractivity contribution < 1.29 is 17.1 Å². The Morgan fingerprint density at radius 2 is 0.456 bits per heavy atom. The summed E-state index contributed by atoms with van der Waals surface area (Å²) < 4.78 is 0. The number of nitrogens with zero attached hydrogens (tertiary/aromatic N) is 8. The van der Waals surface area contributed by atoms with E-state index in [-0.39, 0.29) is 17.1 Å². The van der Waals surface area contributed by atoms with Gasteiger partial charge in [0.25, 0.3) is 0 Å². The zero-order chi connectivity index (χ0) is 41.2. The first-order chi connectivity index (χ1) is 27.1. The Hall–Kier alpha value is -5.24. The molecule has 3 aromatic heterocycles. The van der Waals surface area contributed by atoms with Crippen LogP contribution in [0.25, 0.3) is 89.7 Å². The van der Waals surface area contributed by atoms with E-state index in [1.807, 2.05) is 55.4 Å². The van der Waals surface area contributed by atoms with Crippen molar-refractivity contribution in [2.45, 2.75) is 111 Å². The number of aryl methyl sites for hydroxylation is 8. The van der Waals surface area contributed by atoms with E-state index in [2.05, 4.69) is 104 Å². The van der Waals surface area contributed by atoms with Gasteiger partial charge in [0.05, 0.1) is 23.3 Å². The average Bonchev–Trinajstić information content (AvgIpc) is 3.97. The third kappa shape index (κ3) is 7.51. The number of hydrogen-bond acceptors (Lipinski definition) is 6. The van der Waals surface area contributed by atoms with Gasteiger partial charge in [-0.15, -0.1) is 0 Å². The molecule has 5 heterocycles. The summed E-state index contributed by atoms with van der Waals surface area (Å²) >= 11 is 0. The van der Waals surface area contributed by atoms with Crippen molar-refractivity contribution in [2.75, 3.05) is 0 Å². The van der Waals surface area contributed by atoms with E-state index in [0.717, 1.165) is 88.3 Å². The van der Waals surface area contributed by atoms with Gasteiger partial charge < -0.3 is 29.9 Å². The number of rotatable bonds is 0. The molecule has 0 atom stereocenters. The van der Waals surface area contributed by atoms with Gasteiger partial charge in [0.15, 0.2) is 0 Å². The first-order valence-corrected chi connectivity index (χ1v) is 20.2. The summed E-state index contributed by atoms with van der Waals surface area (Å²) in [6.07, 6.45) is 0. The minimum Gasteiger partial charge on any atom is -0.357 e. The van der Waals surface area contributed by atoms with Crippen molar-refractivity contribution in [1.82, 2.24) is 39.9 Å². The molecule has 4 aromatic carbocycles. The maximum absolute atomic E-state index is 5.22. The number of aromatic nitrogens is 8. The molecule has 0 saturated heterocycles. The summed E-state index contributed by atoms with van der Waals surface area (Å²) in [5.74, 6) is 2.35. The van der Waals surface area contributed by atoms with Crippen LogP contribution in [0.3, 0.4) is 0 Å². The Kier molecular flexibility index (Phi) is 14.3. The van der Waals surface area contributed by atoms with Gasteiger partial charge in [-0.05, 0) is 121 Å². The van der Waals surface area contributed by atoms with Gasteiger partial charge in [0, 0.05) is 44.8 Å². The van der Waals surface area contributed by atoms with Crippen molar-refractivity contribution in [3.63, 3.8) is 0 Å². The van der Waals surface area contributed by atoms with Crippen LogP contribution in [-0.2, 0) is 17.1 Å². The van der Waals surface area contributed by atoms with Crippen molar-refractivity contribution in [3.05, 3.63) is 93.0 Å². The molecule has 0 fully saturated rings. The molecule has 0 spiro atoms. The molecule has 0 unspecified atom stereocenters. The summed E-state index contributed by atoms with van der Waals surface area (Å²) in [6.45, 7) is 32.7. The second-order valence-electron chi connectivity index (χ2n) is 13.3. The molecule has 2 aliphatic rings. The van der Waals surface area contributed by atoms with Crippen LogP contribution in [0.15, 0.2) is 48.5 Å². The SMILES string of the molecule is CC.CC.CC.CC.Cc1ccc(C)c2c1-c1nc-2nc2[n-]c(nc3nc(nc4[n-]c(n1)c1c(C)ccc(C)c41)-c1c(C)ccc(C)c1-3)c1c(C)ccc(C)c21.[Cu+2]. The van der Waals surface area contributed by atoms with Gasteiger partial charge in [-0.3, -0.25) is 0 Å². The third-order valence-electron chi connectivity index (χ3n) is 9.97. The number of hydrogen-bond donors (Lipinski definition) is 0. The molecule has 8 bridgehead atoms. The first kappa shape index (κ1) is 44.5. The van der Waals surface area contributed by atoms with E-state index >= 15 is 0 Å². The molecular weight excluding hydrogens is 752 g/mol. The summed E-state index contributed by atoms with van der Waals surface area (Å²) in [7, 11) is 0. The van der Waals surface area contributed by atoms with Crippen LogP contribution in [0.5, 0.6) is 0 Å². The van der Waals surface area contributed by atoms with Crippen LogP contribution < -0.4 is 9.97 Å². The minimum absolute atomic E-state index is 0. The van der Waals surface area contributed by atoms with Crippen LogP contribution in [0.1, 0.15) is 99.9 Å². The second kappa shape index (κ2) is 18.3. The van der Waals surface area contributed by atoms with E-state index in [1.54, 1.807) is 0 Å². The summed E-state index contributed by atoms with van der Waals surface area (Å²) in [5, 5.41) is 3.85. The molecule has 0 amide bonds. The number of benzene rings is 4. The molecular formula is C48H56CuN8. The molecule has 57 heavy (non-hydrogen) atoms. The molecule has 0 aliphatic carbocycles. The maximum atomic E-state index is 5.22. The Morgan fingerprint density at radius 1 is 0.281 bits per heavy atom. The summed E-state index contributed by atoms with van der Waals surface area (Å²) in [5.41, 5.74) is 14.8. The molecule has 8 nitrogen and oxygen atoms in total. The summed E-state index contributed by atoms with van der Waals surface area (Å²) in [4.78, 5) is 41.3. The molecule has 2 aliphatic heterocycles. The van der Waals surface area contributed by atoms with Gasteiger partial charge in [-0.1, -0.05) is 104 Å². The summed E-state index contributed by atoms with van der Waals surface area (Å²) in [6, 6.07) is 16.9. The van der Waals surface area contributed by atoms with Gasteiger partial charge in [0.2, 0.25) is 0 Å². The standard InChI is InChI=1S/C40H32N8.4C2H6.Cu/c1-17-9-10-18(2)26-25(17)33-41-34(26)46-36-29-21(5)13-14-22(6)30(29)38(43-36)48-40-32-24(8)16-15-23(7)31(32)39(44-40)47-37-28-20(4)12-11-19(3)27(28)35(42-37)45-33;4*1-2;/h9-16H,1-8H3;4*1-2H3;/q-2;;;;;+2. The van der Waals surface area contributed by atoms with Crippen LogP contribution in [-0.4, -0.2) is 29.9 Å². The van der Waals surface area contributed by atoms with Crippen molar-refractivity contribution in [1.29, 1.82) is 0 Å². The van der Waals surface area contributed by atoms with Crippen molar-refractivity contribution in [2.24, 2.45) is 0 Å². The van der Waals surface area contributed by atoms with E-state index < -0.39 is 0 Å². The van der Waals surface area contributed by atoms with E-state index in [4.69, 9.17) is 39.9 Å². The predicted molar refractivity (Wildman–Crippen MR) is 237 cm³/mol. The molecule has 0 saturated carbocycles. The predicted octanol–water partition coefficient (Wildman–Crippen LogP) is 12.7. The maximum Gasteiger partial charge on any atom is 2.00 e. The van der Waals surface area contributed by atoms with E-state index in [1.165, 1.54) is 0 Å². The van der Waals surface area contributed by atoms with Gasteiger partial charge >= 0.3 is 17.1 Å². The molecule has 299 valence electrons. The van der Waals surface area contributed by atoms with Crippen molar-refractivity contribution in [3.8, 4) is 45.6 Å². The molecule has 9 heteroatoms. The second-order valence-corrected chi connectivity index (χ2v) is 13.3. The Morgan fingerprint density at radius 3 is 0.649 bits per heavy atom. The van der Waals surface area contributed by atoms with Crippen molar-refractivity contribution >= 4 is 44.1 Å². The zero-order valence-corrected chi connectivity index (χ0v) is 37.4. The normalized spacial score (nSPS) is 10.7. The van der Waals surface area contributed by atoms with Crippen LogP contribution in [0, 0.1) is 55.4 Å². The zero-order valence-electron chi connectivity index (χ0n) is 36.5. The quantitative estimate of drug-likeness (QED) is 0.139. The van der Waals surface area contributed by atoms with Crippen LogP contribution in [0.2, 0.25) is 0 Å². The van der Waals surface area contributed by atoms with Crippen LogP contribution in [0.4, 0.5) is 0 Å². The molecule has 7 aromatic rings. The largest absolute Gasteiger partial charge is 2.00 e. The topological polar surface area (TPSA) is 106 Å². The first-order valence-electron chi connectivity index (χ1n) is 20.2. The molecule has 0 N–H and O–H groups in total. The minimum atomic E-state index is 0. The van der Waals surface area contributed by atoms with E-state index in [0.29, 0.717) is 45.9 Å².